The Hall–Kier alpha value is -3.22. The lowest BCUT2D eigenvalue weighted by Gasteiger charge is -2.24. The van der Waals surface area contributed by atoms with Gasteiger partial charge in [0.05, 0.1) is 6.21 Å². The van der Waals surface area contributed by atoms with Crippen molar-refractivity contribution in [1.29, 1.82) is 0 Å². The van der Waals surface area contributed by atoms with Gasteiger partial charge in [0.25, 0.3) is 5.91 Å². The molecular weight excluding hydrogens is 300 g/mol. The van der Waals surface area contributed by atoms with E-state index in [1.807, 2.05) is 6.07 Å². The van der Waals surface area contributed by atoms with Crippen molar-refractivity contribution >= 4 is 12.1 Å². The summed E-state index contributed by atoms with van der Waals surface area (Å²) in [6.45, 7) is 0.0956. The molecule has 3 rings (SSSR count). The van der Waals surface area contributed by atoms with Crippen LogP contribution < -0.4 is 14.9 Å². The van der Waals surface area contributed by atoms with Crippen LogP contribution in [0.1, 0.15) is 5.56 Å². The number of phenols is 2. The average molecular weight is 314 g/mol. The quantitative estimate of drug-likeness (QED) is 0.451. The van der Waals surface area contributed by atoms with Crippen molar-refractivity contribution in [3.63, 3.8) is 0 Å². The monoisotopic (exact) mass is 314 g/mol. The Kier molecular flexibility index (Phi) is 4.01. The number of benzene rings is 2. The maximum atomic E-state index is 12.0. The second kappa shape index (κ2) is 6.27. The topological polar surface area (TPSA) is 100 Å². The van der Waals surface area contributed by atoms with Gasteiger partial charge in [-0.25, -0.2) is 5.43 Å². The summed E-state index contributed by atoms with van der Waals surface area (Å²) in [5, 5.41) is 22.4. The molecule has 23 heavy (non-hydrogen) atoms. The fourth-order valence-corrected chi connectivity index (χ4v) is 2.01. The number of carbonyl (C=O) groups excluding carboxylic acids is 1. The smallest absolute Gasteiger partial charge is 0.284 e. The number of nitrogens with zero attached hydrogens (tertiary/aromatic N) is 1. The van der Waals surface area contributed by atoms with E-state index in [4.69, 9.17) is 9.47 Å². The Morgan fingerprint density at radius 1 is 1.17 bits per heavy atom. The van der Waals surface area contributed by atoms with Crippen molar-refractivity contribution < 1.29 is 24.5 Å². The first-order valence-corrected chi connectivity index (χ1v) is 6.87. The number of rotatable bonds is 3. The number of para-hydroxylation sites is 2. The van der Waals surface area contributed by atoms with Crippen molar-refractivity contribution in [1.82, 2.24) is 5.43 Å². The number of hydrogen-bond donors (Lipinski definition) is 3. The highest BCUT2D eigenvalue weighted by Gasteiger charge is 2.26. The number of ether oxygens (including phenoxy) is 2. The van der Waals surface area contributed by atoms with Crippen molar-refractivity contribution in [3.05, 3.63) is 48.0 Å². The number of fused-ring (bicyclic) bond motifs is 1. The molecule has 1 aliphatic rings. The Morgan fingerprint density at radius 3 is 2.74 bits per heavy atom. The van der Waals surface area contributed by atoms with Crippen LogP contribution in [0.15, 0.2) is 47.6 Å². The van der Waals surface area contributed by atoms with Crippen molar-refractivity contribution in [2.45, 2.75) is 6.10 Å². The third-order valence-corrected chi connectivity index (χ3v) is 3.19. The van der Waals surface area contributed by atoms with Crippen LogP contribution in [-0.2, 0) is 4.79 Å². The summed E-state index contributed by atoms with van der Waals surface area (Å²) in [5.74, 6) is 0.170. The standard InChI is InChI=1S/C16H14N2O5/c19-11-6-5-10(7-12(11)20)8-17-18-16(21)15-9-22-13-3-1-2-4-14(13)23-15/h1-8,15,19-20H,9H2,(H,18,21)/b17-8-/t15-/m0/s1. The predicted molar refractivity (Wildman–Crippen MR) is 81.9 cm³/mol. The zero-order valence-corrected chi connectivity index (χ0v) is 12.0. The molecule has 0 bridgehead atoms. The molecule has 0 radical (unpaired) electrons. The van der Waals surface area contributed by atoms with E-state index in [0.29, 0.717) is 17.1 Å². The second-order valence-corrected chi connectivity index (χ2v) is 4.85. The van der Waals surface area contributed by atoms with Crippen LogP contribution in [0.25, 0.3) is 0 Å². The highest BCUT2D eigenvalue weighted by atomic mass is 16.6. The fraction of sp³-hybridized carbons (Fsp3) is 0.125. The van der Waals surface area contributed by atoms with Gasteiger partial charge in [-0.3, -0.25) is 4.79 Å². The molecule has 0 aromatic heterocycles. The second-order valence-electron chi connectivity index (χ2n) is 4.85. The van der Waals surface area contributed by atoms with Gasteiger partial charge in [-0.05, 0) is 35.9 Å². The number of carbonyl (C=O) groups is 1. The van der Waals surface area contributed by atoms with Crippen LogP contribution in [-0.4, -0.2) is 35.0 Å². The first kappa shape index (κ1) is 14.7. The van der Waals surface area contributed by atoms with Gasteiger partial charge in [-0.15, -0.1) is 0 Å². The Bertz CT molecular complexity index is 760. The predicted octanol–water partition coefficient (Wildman–Crippen LogP) is 1.39. The number of amides is 1. The minimum Gasteiger partial charge on any atom is -0.504 e. The minimum absolute atomic E-state index is 0.0956. The van der Waals surface area contributed by atoms with E-state index >= 15 is 0 Å². The molecule has 2 aromatic rings. The molecule has 1 atom stereocenters. The molecular formula is C16H14N2O5. The number of nitrogens with one attached hydrogen (secondary N) is 1. The highest BCUT2D eigenvalue weighted by Crippen LogP contribution is 2.30. The molecule has 0 saturated heterocycles. The summed E-state index contributed by atoms with van der Waals surface area (Å²) in [6.07, 6.45) is 0.546. The summed E-state index contributed by atoms with van der Waals surface area (Å²) in [6, 6.07) is 11.3. The Balaban J connectivity index is 1.59. The van der Waals surface area contributed by atoms with E-state index in [9.17, 15) is 15.0 Å². The third kappa shape index (κ3) is 3.34. The molecule has 3 N–H and O–H groups in total. The molecule has 2 aromatic carbocycles. The molecule has 0 spiro atoms. The lowest BCUT2D eigenvalue weighted by Crippen LogP contribution is -2.42. The largest absolute Gasteiger partial charge is 0.504 e. The fourth-order valence-electron chi connectivity index (χ4n) is 2.01. The average Bonchev–Trinajstić information content (AvgIpc) is 2.57. The lowest BCUT2D eigenvalue weighted by molar-refractivity contribution is -0.130. The SMILES string of the molecule is O=C(N/N=C\c1ccc(O)c(O)c1)[C@@H]1COc2ccccc2O1. The van der Waals surface area contributed by atoms with Crippen LogP contribution >= 0.6 is 0 Å². The van der Waals surface area contributed by atoms with Crippen LogP contribution in [0, 0.1) is 0 Å². The van der Waals surface area contributed by atoms with E-state index in [1.54, 1.807) is 24.3 Å². The van der Waals surface area contributed by atoms with Gasteiger partial charge < -0.3 is 19.7 Å². The molecule has 1 amide bonds. The zero-order chi connectivity index (χ0) is 16.2. The van der Waals surface area contributed by atoms with Gasteiger partial charge in [-0.1, -0.05) is 12.1 Å². The van der Waals surface area contributed by atoms with E-state index in [1.165, 1.54) is 18.3 Å². The van der Waals surface area contributed by atoms with Crippen LogP contribution in [0.5, 0.6) is 23.0 Å². The normalized spacial score (nSPS) is 16.3. The molecule has 0 saturated carbocycles. The van der Waals surface area contributed by atoms with Crippen LogP contribution in [0.3, 0.4) is 0 Å². The molecule has 1 aliphatic heterocycles. The van der Waals surface area contributed by atoms with Crippen LogP contribution in [0.4, 0.5) is 0 Å². The van der Waals surface area contributed by atoms with E-state index in [2.05, 4.69) is 10.5 Å². The maximum Gasteiger partial charge on any atom is 0.284 e. The van der Waals surface area contributed by atoms with Gasteiger partial charge in [0.2, 0.25) is 6.10 Å². The maximum absolute atomic E-state index is 12.0. The summed E-state index contributed by atoms with van der Waals surface area (Å²) >= 11 is 0. The zero-order valence-electron chi connectivity index (χ0n) is 12.0. The van der Waals surface area contributed by atoms with E-state index in [0.717, 1.165) is 0 Å². The molecule has 7 nitrogen and oxygen atoms in total. The van der Waals surface area contributed by atoms with Crippen molar-refractivity contribution in [3.8, 4) is 23.0 Å². The molecule has 118 valence electrons. The van der Waals surface area contributed by atoms with Crippen molar-refractivity contribution in [2.75, 3.05) is 6.61 Å². The van der Waals surface area contributed by atoms with Gasteiger partial charge in [0, 0.05) is 0 Å². The molecule has 0 aliphatic carbocycles. The third-order valence-electron chi connectivity index (χ3n) is 3.19. The molecule has 7 heteroatoms. The van der Waals surface area contributed by atoms with Gasteiger partial charge >= 0.3 is 0 Å². The molecule has 0 fully saturated rings. The summed E-state index contributed by atoms with van der Waals surface area (Å²) in [4.78, 5) is 12.0. The number of phenolic OH excluding ortho intramolecular Hbond substituents is 2. The van der Waals surface area contributed by atoms with Gasteiger partial charge in [0.15, 0.2) is 23.0 Å². The van der Waals surface area contributed by atoms with Gasteiger partial charge in [0.1, 0.15) is 6.61 Å². The van der Waals surface area contributed by atoms with E-state index in [-0.39, 0.29) is 18.1 Å². The summed E-state index contributed by atoms with van der Waals surface area (Å²) < 4.78 is 11.0. The number of hydrazone groups is 1. The first-order valence-electron chi connectivity index (χ1n) is 6.87. The first-order chi connectivity index (χ1) is 11.1. The molecule has 0 unspecified atom stereocenters. The minimum atomic E-state index is -0.796. The molecule has 1 heterocycles. The number of hydrogen-bond acceptors (Lipinski definition) is 6. The van der Waals surface area contributed by atoms with Crippen LogP contribution in [0.2, 0.25) is 0 Å². The summed E-state index contributed by atoms with van der Waals surface area (Å²) in [5.41, 5.74) is 2.87. The number of aromatic hydroxyl groups is 2. The van der Waals surface area contributed by atoms with E-state index < -0.39 is 12.0 Å². The van der Waals surface area contributed by atoms with Crippen molar-refractivity contribution in [2.24, 2.45) is 5.10 Å². The summed E-state index contributed by atoms with van der Waals surface area (Å²) in [7, 11) is 0. The Morgan fingerprint density at radius 2 is 1.96 bits per heavy atom. The Labute approximate surface area is 131 Å². The highest BCUT2D eigenvalue weighted by molar-refractivity contribution is 5.85. The lowest BCUT2D eigenvalue weighted by atomic mass is 10.2. The van der Waals surface area contributed by atoms with Gasteiger partial charge in [-0.2, -0.15) is 5.10 Å².